The van der Waals surface area contributed by atoms with Crippen molar-refractivity contribution in [2.75, 3.05) is 21.3 Å². The van der Waals surface area contributed by atoms with Gasteiger partial charge in [0.1, 0.15) is 11.6 Å². The Morgan fingerprint density at radius 2 is 1.68 bits per heavy atom. The second-order valence-corrected chi connectivity index (χ2v) is 4.58. The molecule has 0 bridgehead atoms. The molecule has 0 aromatic heterocycles. The highest BCUT2D eigenvalue weighted by Crippen LogP contribution is 2.38. The molecule has 1 aromatic rings. The molecular weight excluding hydrogens is 286 g/mol. The van der Waals surface area contributed by atoms with E-state index < -0.39 is 5.97 Å². The van der Waals surface area contributed by atoms with Crippen LogP contribution in [0.4, 0.5) is 0 Å². The van der Waals surface area contributed by atoms with Crippen LogP contribution in [0.1, 0.15) is 19.4 Å². The fraction of sp³-hybridized carbons (Fsp3) is 0.375. The third-order valence-electron chi connectivity index (χ3n) is 2.68. The van der Waals surface area contributed by atoms with Crippen molar-refractivity contribution < 1.29 is 23.7 Å². The average molecular weight is 305 g/mol. The van der Waals surface area contributed by atoms with Gasteiger partial charge in [-0.3, -0.25) is 0 Å². The van der Waals surface area contributed by atoms with Crippen molar-refractivity contribution in [2.24, 2.45) is 0 Å². The normalized spacial score (nSPS) is 10.9. The molecule has 0 unspecified atom stereocenters. The highest BCUT2D eigenvalue weighted by atomic mass is 16.5. The van der Waals surface area contributed by atoms with Gasteiger partial charge >= 0.3 is 5.97 Å². The summed E-state index contributed by atoms with van der Waals surface area (Å²) < 4.78 is 20.7. The number of hydrogen-bond donors (Lipinski definition) is 0. The van der Waals surface area contributed by atoms with Gasteiger partial charge in [0.15, 0.2) is 11.5 Å². The topological polar surface area (TPSA) is 77.8 Å². The fourth-order valence-corrected chi connectivity index (χ4v) is 1.77. The zero-order valence-corrected chi connectivity index (χ0v) is 13.3. The molecule has 0 heterocycles. The number of esters is 1. The monoisotopic (exact) mass is 305 g/mol. The number of methoxy groups -OCH3 is 3. The molecule has 0 saturated heterocycles. The lowest BCUT2D eigenvalue weighted by Gasteiger charge is -2.13. The summed E-state index contributed by atoms with van der Waals surface area (Å²) >= 11 is 0. The van der Waals surface area contributed by atoms with E-state index in [0.717, 1.165) is 0 Å². The van der Waals surface area contributed by atoms with E-state index in [1.54, 1.807) is 26.0 Å². The van der Waals surface area contributed by atoms with E-state index in [2.05, 4.69) is 0 Å². The molecule has 0 atom stereocenters. The minimum atomic E-state index is -0.675. The first-order valence-corrected chi connectivity index (χ1v) is 6.59. The molecule has 0 aliphatic rings. The molecule has 0 aliphatic carbocycles. The van der Waals surface area contributed by atoms with Crippen molar-refractivity contribution in [1.82, 2.24) is 0 Å². The highest BCUT2D eigenvalue weighted by Gasteiger charge is 2.16. The van der Waals surface area contributed by atoms with E-state index in [-0.39, 0.29) is 11.7 Å². The first-order chi connectivity index (χ1) is 10.5. The number of benzene rings is 1. The number of carbonyl (C=O) groups excluding carboxylic acids is 1. The second-order valence-electron chi connectivity index (χ2n) is 4.58. The third kappa shape index (κ3) is 4.16. The lowest BCUT2D eigenvalue weighted by molar-refractivity contribution is -0.142. The zero-order chi connectivity index (χ0) is 16.7. The van der Waals surface area contributed by atoms with Crippen molar-refractivity contribution in [2.45, 2.75) is 20.0 Å². The quantitative estimate of drug-likeness (QED) is 0.456. The lowest BCUT2D eigenvalue weighted by Crippen LogP contribution is -2.12. The van der Waals surface area contributed by atoms with Crippen LogP contribution in [-0.2, 0) is 9.53 Å². The number of nitriles is 1. The van der Waals surface area contributed by atoms with Crippen LogP contribution in [-0.4, -0.2) is 33.4 Å². The van der Waals surface area contributed by atoms with E-state index in [1.807, 2.05) is 6.07 Å². The number of rotatable bonds is 6. The third-order valence-corrected chi connectivity index (χ3v) is 2.68. The lowest BCUT2D eigenvalue weighted by atomic mass is 10.1. The summed E-state index contributed by atoms with van der Waals surface area (Å²) in [4.78, 5) is 11.8. The smallest absolute Gasteiger partial charge is 0.349 e. The standard InChI is InChI=1S/C16H19NO5/c1-10(2)22-16(18)12(9-17)6-11-7-13(19-3)15(21-5)14(8-11)20-4/h6-8,10H,1-5H3. The summed E-state index contributed by atoms with van der Waals surface area (Å²) in [6.07, 6.45) is 1.11. The molecule has 0 N–H and O–H groups in total. The highest BCUT2D eigenvalue weighted by molar-refractivity contribution is 5.98. The fourth-order valence-electron chi connectivity index (χ4n) is 1.77. The Morgan fingerprint density at radius 1 is 1.14 bits per heavy atom. The summed E-state index contributed by atoms with van der Waals surface area (Å²) in [6.45, 7) is 3.43. The molecular formula is C16H19NO5. The zero-order valence-electron chi connectivity index (χ0n) is 13.3. The first kappa shape index (κ1) is 17.4. The Kier molecular flexibility index (Phi) is 6.26. The Hall–Kier alpha value is -2.68. The summed E-state index contributed by atoms with van der Waals surface area (Å²) in [7, 11) is 4.47. The Labute approximate surface area is 129 Å². The van der Waals surface area contributed by atoms with Gasteiger partial charge in [0.05, 0.1) is 27.4 Å². The van der Waals surface area contributed by atoms with Gasteiger partial charge in [-0.15, -0.1) is 0 Å². The van der Waals surface area contributed by atoms with E-state index >= 15 is 0 Å². The van der Waals surface area contributed by atoms with Crippen LogP contribution in [0.5, 0.6) is 17.2 Å². The molecule has 1 rings (SSSR count). The summed E-state index contributed by atoms with van der Waals surface area (Å²) in [5, 5.41) is 9.12. The van der Waals surface area contributed by atoms with Crippen LogP contribution in [0.3, 0.4) is 0 Å². The first-order valence-electron chi connectivity index (χ1n) is 6.59. The van der Waals surface area contributed by atoms with Crippen molar-refractivity contribution in [3.63, 3.8) is 0 Å². The predicted molar refractivity (Wildman–Crippen MR) is 80.9 cm³/mol. The number of ether oxygens (including phenoxy) is 4. The second kappa shape index (κ2) is 7.93. The SMILES string of the molecule is COc1cc(C=C(C#N)C(=O)OC(C)C)cc(OC)c1OC. The molecule has 118 valence electrons. The predicted octanol–water partition coefficient (Wildman–Crippen LogP) is 2.57. The number of carbonyl (C=O) groups is 1. The average Bonchev–Trinajstić information content (AvgIpc) is 2.50. The van der Waals surface area contributed by atoms with Crippen molar-refractivity contribution >= 4 is 12.0 Å². The van der Waals surface area contributed by atoms with Gasteiger partial charge in [-0.25, -0.2) is 4.79 Å². The maximum absolute atomic E-state index is 11.8. The van der Waals surface area contributed by atoms with Crippen LogP contribution < -0.4 is 14.2 Å². The van der Waals surface area contributed by atoms with Gasteiger partial charge in [-0.2, -0.15) is 5.26 Å². The minimum Gasteiger partial charge on any atom is -0.493 e. The van der Waals surface area contributed by atoms with Crippen LogP contribution >= 0.6 is 0 Å². The molecule has 0 aliphatic heterocycles. The van der Waals surface area contributed by atoms with Gasteiger partial charge in [-0.05, 0) is 37.6 Å². The summed E-state index contributed by atoms with van der Waals surface area (Å²) in [5.41, 5.74) is 0.453. The van der Waals surface area contributed by atoms with E-state index in [9.17, 15) is 4.79 Å². The molecule has 0 spiro atoms. The van der Waals surface area contributed by atoms with E-state index in [1.165, 1.54) is 27.4 Å². The molecule has 0 fully saturated rings. The van der Waals surface area contributed by atoms with E-state index in [0.29, 0.717) is 22.8 Å². The number of hydrogen-bond acceptors (Lipinski definition) is 6. The van der Waals surface area contributed by atoms with Gasteiger partial charge in [0.2, 0.25) is 5.75 Å². The molecule has 1 aromatic carbocycles. The van der Waals surface area contributed by atoms with Crippen LogP contribution in [0.25, 0.3) is 6.08 Å². The summed E-state index contributed by atoms with van der Waals surface area (Å²) in [5.74, 6) is 0.627. The maximum atomic E-state index is 11.8. The molecule has 0 saturated carbocycles. The largest absolute Gasteiger partial charge is 0.493 e. The number of nitrogens with zero attached hydrogens (tertiary/aromatic N) is 1. The van der Waals surface area contributed by atoms with Crippen LogP contribution in [0.2, 0.25) is 0 Å². The molecule has 22 heavy (non-hydrogen) atoms. The van der Waals surface area contributed by atoms with Gasteiger partial charge < -0.3 is 18.9 Å². The maximum Gasteiger partial charge on any atom is 0.349 e. The van der Waals surface area contributed by atoms with Crippen LogP contribution in [0, 0.1) is 11.3 Å². The molecule has 0 radical (unpaired) electrons. The van der Waals surface area contributed by atoms with Crippen LogP contribution in [0.15, 0.2) is 17.7 Å². The Balaban J connectivity index is 3.28. The molecule has 6 heteroatoms. The summed E-state index contributed by atoms with van der Waals surface area (Å²) in [6, 6.07) is 5.11. The van der Waals surface area contributed by atoms with Crippen molar-refractivity contribution in [1.29, 1.82) is 5.26 Å². The Morgan fingerprint density at radius 3 is 2.05 bits per heavy atom. The van der Waals surface area contributed by atoms with Crippen molar-refractivity contribution in [3.8, 4) is 23.3 Å². The Bertz CT molecular complexity index is 588. The van der Waals surface area contributed by atoms with Gasteiger partial charge in [-0.1, -0.05) is 0 Å². The molecule has 0 amide bonds. The van der Waals surface area contributed by atoms with Gasteiger partial charge in [0, 0.05) is 0 Å². The molecule has 6 nitrogen and oxygen atoms in total. The van der Waals surface area contributed by atoms with Crippen molar-refractivity contribution in [3.05, 3.63) is 23.3 Å². The van der Waals surface area contributed by atoms with E-state index in [4.69, 9.17) is 24.2 Å². The van der Waals surface area contributed by atoms with Gasteiger partial charge in [0.25, 0.3) is 0 Å². The minimum absolute atomic E-state index is 0.108.